The van der Waals surface area contributed by atoms with Gasteiger partial charge in [0, 0.05) is 73.4 Å². The second-order valence-electron chi connectivity index (χ2n) is 19.7. The number of carbonyl (C=O) groups is 2. The van der Waals surface area contributed by atoms with Crippen molar-refractivity contribution in [1.82, 2.24) is 0 Å². The van der Waals surface area contributed by atoms with Crippen molar-refractivity contribution in [1.29, 1.82) is 0 Å². The molecule has 0 spiro atoms. The average molecular weight is 988 g/mol. The number of ketones is 2. The zero-order chi connectivity index (χ0) is 45.0. The minimum absolute atomic E-state index is 0.0344. The van der Waals surface area contributed by atoms with Gasteiger partial charge in [0.25, 0.3) is 0 Å². The van der Waals surface area contributed by atoms with Crippen molar-refractivity contribution in [3.8, 4) is 0 Å². The monoisotopic (exact) mass is 984 g/mol. The van der Waals surface area contributed by atoms with Crippen LogP contribution in [0.4, 0.5) is 0 Å². The minimum Gasteiger partial charge on any atom is -0.289 e. The third-order valence-corrected chi connectivity index (χ3v) is 16.3. The lowest BCUT2D eigenvalue weighted by Gasteiger charge is -2.32. The fraction of sp³-hybridized carbons (Fsp3) is 0.320. The lowest BCUT2D eigenvalue weighted by atomic mass is 9.71. The first-order chi connectivity index (χ1) is 28.1. The van der Waals surface area contributed by atoms with Crippen LogP contribution in [0.15, 0.2) is 94.1 Å². The molecule has 61 heavy (non-hydrogen) atoms. The van der Waals surface area contributed by atoms with E-state index >= 15 is 0 Å². The molecule has 0 atom stereocenters. The van der Waals surface area contributed by atoms with E-state index in [1.807, 2.05) is 36.4 Å². The molecule has 5 aromatic rings. The Hall–Kier alpha value is -2.42. The van der Waals surface area contributed by atoms with Crippen LogP contribution in [0.3, 0.4) is 0 Å². The summed E-state index contributed by atoms with van der Waals surface area (Å²) in [5, 5.41) is 4.39. The number of hydrogen-bond acceptors (Lipinski definition) is 5. The predicted octanol–water partition coefficient (Wildman–Crippen LogP) is 18.8. The van der Waals surface area contributed by atoms with Gasteiger partial charge in [0.1, 0.15) is 0 Å². The maximum atomic E-state index is 14.3. The van der Waals surface area contributed by atoms with Gasteiger partial charge in [-0.15, -0.1) is 34.0 Å². The molecule has 0 unspecified atom stereocenters. The summed E-state index contributed by atoms with van der Waals surface area (Å²) in [5.41, 5.74) is 4.49. The van der Waals surface area contributed by atoms with E-state index < -0.39 is 21.7 Å². The van der Waals surface area contributed by atoms with E-state index in [0.29, 0.717) is 52.4 Å². The van der Waals surface area contributed by atoms with Gasteiger partial charge in [0.05, 0.1) is 29.8 Å². The van der Waals surface area contributed by atoms with Gasteiger partial charge < -0.3 is 0 Å². The van der Waals surface area contributed by atoms with Crippen molar-refractivity contribution in [2.24, 2.45) is 21.7 Å². The number of hydrogen-bond donors (Lipinski definition) is 0. The van der Waals surface area contributed by atoms with E-state index in [1.165, 1.54) is 22.7 Å². The highest BCUT2D eigenvalue weighted by Crippen LogP contribution is 2.53. The van der Waals surface area contributed by atoms with E-state index in [2.05, 4.69) is 95.2 Å². The molecule has 7 rings (SSSR count). The molecule has 3 aromatic heterocycles. The molecule has 3 heterocycles. The molecule has 0 aliphatic heterocycles. The quantitative estimate of drug-likeness (QED) is 0.180. The zero-order valence-electron chi connectivity index (χ0n) is 36.1. The van der Waals surface area contributed by atoms with Gasteiger partial charge in [-0.1, -0.05) is 153 Å². The van der Waals surface area contributed by atoms with Crippen LogP contribution in [-0.4, -0.2) is 11.6 Å². The molecule has 0 fully saturated rings. The van der Waals surface area contributed by atoms with E-state index in [0.717, 1.165) is 62.0 Å². The van der Waals surface area contributed by atoms with Crippen molar-refractivity contribution in [3.63, 3.8) is 0 Å². The number of benzene rings is 2. The standard InChI is InChI=1S/C50H46Cl6O2S3/c1-47(2,3)27-15-23(16-28(43(27)57)48(4,5)6)37(45-41(55)39-31(53)19-25(51)21-35(39)60-45)33-13-14-34(59-33)38(46-42(56)40-32(54)20-26(52)22-36(40)61-46)24-17-29(49(7,8)9)44(58)30(18-24)50(10,11)12/h13-22H,1-12H3. The molecule has 2 aliphatic carbocycles. The van der Waals surface area contributed by atoms with Gasteiger partial charge in [-0.2, -0.15) is 0 Å². The summed E-state index contributed by atoms with van der Waals surface area (Å²) in [7, 11) is 0. The van der Waals surface area contributed by atoms with E-state index in [4.69, 9.17) is 69.6 Å². The zero-order valence-corrected chi connectivity index (χ0v) is 43.1. The van der Waals surface area contributed by atoms with Crippen molar-refractivity contribution in [2.45, 2.75) is 83.1 Å². The number of Topliss-reactive ketones (excluding diaryl/α,β-unsaturated/α-hetero) is 2. The van der Waals surface area contributed by atoms with Crippen LogP contribution in [0.1, 0.15) is 103 Å². The first kappa shape index (κ1) is 46.6. The molecule has 0 bridgehead atoms. The van der Waals surface area contributed by atoms with Crippen LogP contribution in [-0.2, 0) is 9.59 Å². The maximum Gasteiger partial charge on any atom is 0.186 e. The maximum absolute atomic E-state index is 14.3. The van der Waals surface area contributed by atoms with Crippen LogP contribution in [0.25, 0.3) is 31.3 Å². The van der Waals surface area contributed by atoms with E-state index in [9.17, 15) is 9.59 Å². The Balaban J connectivity index is 1.63. The average Bonchev–Trinajstić information content (AvgIpc) is 3.80. The molecule has 11 heteroatoms. The lowest BCUT2D eigenvalue weighted by Crippen LogP contribution is -2.28. The Morgan fingerprint density at radius 3 is 1.02 bits per heavy atom. The van der Waals surface area contributed by atoms with Crippen molar-refractivity contribution in [3.05, 3.63) is 144 Å². The Kier molecular flexibility index (Phi) is 12.4. The van der Waals surface area contributed by atoms with Gasteiger partial charge in [0.2, 0.25) is 0 Å². The molecule has 0 N–H and O–H groups in total. The van der Waals surface area contributed by atoms with Crippen LogP contribution in [0, 0.1) is 21.7 Å². The largest absolute Gasteiger partial charge is 0.289 e. The van der Waals surface area contributed by atoms with E-state index in [1.54, 1.807) is 23.5 Å². The second-order valence-corrected chi connectivity index (χ2v) is 25.4. The number of thiophene rings is 3. The minimum atomic E-state index is -0.452. The van der Waals surface area contributed by atoms with Crippen LogP contribution >= 0.6 is 104 Å². The SMILES string of the molecule is CC(C)(C)C1=CC(=C(c2ccc(C(=C3C=C(C(C)(C)C)C(=O)C(C(C)(C)C)=C3)c3sc4cc(Cl)cc(Cl)c4c3Cl)s2)c2sc3cc(Cl)cc(Cl)c3c2Cl)C=C(C(C)(C)C)C1=O. The third kappa shape index (κ3) is 8.75. The summed E-state index contributed by atoms with van der Waals surface area (Å²) in [6, 6.07) is 11.4. The molecular weight excluding hydrogens is 941 g/mol. The van der Waals surface area contributed by atoms with Gasteiger partial charge in [-0.05, 0) is 93.5 Å². The molecule has 0 radical (unpaired) electrons. The Bertz CT molecular complexity index is 2660. The Morgan fingerprint density at radius 2 is 0.738 bits per heavy atom. The predicted molar refractivity (Wildman–Crippen MR) is 270 cm³/mol. The van der Waals surface area contributed by atoms with E-state index in [-0.39, 0.29) is 11.6 Å². The summed E-state index contributed by atoms with van der Waals surface area (Å²) >= 11 is 46.3. The van der Waals surface area contributed by atoms with Crippen LogP contribution in [0.2, 0.25) is 30.1 Å². The summed E-state index contributed by atoms with van der Waals surface area (Å²) < 4.78 is 1.70. The fourth-order valence-corrected chi connectivity index (χ4v) is 13.9. The molecule has 2 nitrogen and oxygen atoms in total. The highest BCUT2D eigenvalue weighted by molar-refractivity contribution is 7.23. The van der Waals surface area contributed by atoms with Crippen molar-refractivity contribution < 1.29 is 9.59 Å². The summed E-state index contributed by atoms with van der Waals surface area (Å²) in [4.78, 5) is 31.9. The number of allylic oxidation sites excluding steroid dienone is 10. The smallest absolute Gasteiger partial charge is 0.186 e. The third-order valence-electron chi connectivity index (χ3n) is 10.8. The second kappa shape index (κ2) is 16.2. The fourth-order valence-electron chi connectivity index (χ4n) is 7.70. The Morgan fingerprint density at radius 1 is 0.443 bits per heavy atom. The number of carbonyl (C=O) groups excluding carboxylic acids is 2. The van der Waals surface area contributed by atoms with Gasteiger partial charge in [0.15, 0.2) is 11.6 Å². The number of fused-ring (bicyclic) bond motifs is 2. The molecule has 0 amide bonds. The first-order valence-corrected chi connectivity index (χ1v) is 24.5. The highest BCUT2D eigenvalue weighted by Gasteiger charge is 2.38. The first-order valence-electron chi connectivity index (χ1n) is 19.8. The summed E-state index contributed by atoms with van der Waals surface area (Å²) in [6.45, 7) is 24.8. The normalized spacial score (nSPS) is 15.8. The van der Waals surface area contributed by atoms with Crippen molar-refractivity contribution >= 4 is 147 Å². The molecule has 0 saturated carbocycles. The topological polar surface area (TPSA) is 34.1 Å². The number of halogens is 6. The van der Waals surface area contributed by atoms with Crippen LogP contribution < -0.4 is 0 Å². The van der Waals surface area contributed by atoms with Crippen molar-refractivity contribution in [2.75, 3.05) is 0 Å². The summed E-state index contributed by atoms with van der Waals surface area (Å²) in [6.07, 6.45) is 8.11. The molecule has 2 aliphatic rings. The highest BCUT2D eigenvalue weighted by atomic mass is 35.5. The van der Waals surface area contributed by atoms with Gasteiger partial charge in [-0.25, -0.2) is 0 Å². The number of rotatable bonds is 4. The molecule has 0 saturated heterocycles. The summed E-state index contributed by atoms with van der Waals surface area (Å²) in [5.74, 6) is 0.0688. The Labute approximate surface area is 401 Å². The molecule has 2 aromatic carbocycles. The van der Waals surface area contributed by atoms with Gasteiger partial charge in [-0.3, -0.25) is 9.59 Å². The van der Waals surface area contributed by atoms with Crippen LogP contribution in [0.5, 0.6) is 0 Å². The molecule has 318 valence electrons. The lowest BCUT2D eigenvalue weighted by molar-refractivity contribution is -0.114. The van der Waals surface area contributed by atoms with Gasteiger partial charge >= 0.3 is 0 Å². The molecular formula is C50H46Cl6O2S3.